The van der Waals surface area contributed by atoms with E-state index in [4.69, 9.17) is 9.84 Å². The number of nitrogens with one attached hydrogen (secondary N) is 1. The summed E-state index contributed by atoms with van der Waals surface area (Å²) in [5, 5.41) is 11.7. The van der Waals surface area contributed by atoms with Crippen LogP contribution in [0, 0.1) is 5.92 Å². The normalized spacial score (nSPS) is 18.7. The van der Waals surface area contributed by atoms with E-state index in [2.05, 4.69) is 5.32 Å². The zero-order valence-electron chi connectivity index (χ0n) is 11.5. The van der Waals surface area contributed by atoms with Gasteiger partial charge in [-0.2, -0.15) is 0 Å². The second-order valence-corrected chi connectivity index (χ2v) is 5.10. The topological polar surface area (TPSA) is 61.8 Å². The Morgan fingerprint density at radius 2 is 2.17 bits per heavy atom. The van der Waals surface area contributed by atoms with Crippen LogP contribution in [0.2, 0.25) is 0 Å². The molecule has 0 spiro atoms. The Hall–Kier alpha value is -0.810. The second-order valence-electron chi connectivity index (χ2n) is 5.10. The lowest BCUT2D eigenvalue weighted by Crippen LogP contribution is -2.47. The minimum Gasteiger partial charge on any atom is -0.396 e. The first-order chi connectivity index (χ1) is 8.67. The van der Waals surface area contributed by atoms with Crippen molar-refractivity contribution in [2.75, 3.05) is 33.4 Å². The van der Waals surface area contributed by atoms with Crippen LogP contribution in [0.5, 0.6) is 0 Å². The number of ether oxygens (including phenoxy) is 1. The molecule has 5 heteroatoms. The lowest BCUT2D eigenvalue weighted by atomic mass is 9.98. The van der Waals surface area contributed by atoms with Crippen LogP contribution in [0.3, 0.4) is 0 Å². The monoisotopic (exact) mass is 258 g/mol. The number of hydrogen-bond donors (Lipinski definition) is 2. The van der Waals surface area contributed by atoms with Gasteiger partial charge in [0.2, 0.25) is 0 Å². The van der Waals surface area contributed by atoms with Gasteiger partial charge in [0.25, 0.3) is 0 Å². The van der Waals surface area contributed by atoms with Gasteiger partial charge in [-0.15, -0.1) is 0 Å². The molecule has 106 valence electrons. The highest BCUT2D eigenvalue weighted by molar-refractivity contribution is 5.74. The molecular weight excluding hydrogens is 232 g/mol. The average Bonchev–Trinajstić information content (AvgIpc) is 2.37. The maximum Gasteiger partial charge on any atom is 0.317 e. The van der Waals surface area contributed by atoms with E-state index < -0.39 is 0 Å². The van der Waals surface area contributed by atoms with Crippen LogP contribution in [0.1, 0.15) is 32.6 Å². The lowest BCUT2D eigenvalue weighted by Gasteiger charge is -2.32. The van der Waals surface area contributed by atoms with Gasteiger partial charge in [-0.05, 0) is 38.5 Å². The van der Waals surface area contributed by atoms with Crippen LogP contribution in [0.4, 0.5) is 4.79 Å². The Bertz CT molecular complexity index is 240. The number of aliphatic hydroxyl groups is 1. The third kappa shape index (κ3) is 5.23. The first kappa shape index (κ1) is 15.2. The number of hydrogen-bond acceptors (Lipinski definition) is 3. The Kier molecular flexibility index (Phi) is 7.05. The molecule has 2 N–H and O–H groups in total. The van der Waals surface area contributed by atoms with Gasteiger partial charge in [0.05, 0.1) is 0 Å². The number of likely N-dealkylation sites (tertiary alicyclic amines) is 1. The first-order valence-electron chi connectivity index (χ1n) is 6.82. The molecule has 1 aliphatic heterocycles. The summed E-state index contributed by atoms with van der Waals surface area (Å²) in [5.74, 6) is 0.589. The molecule has 1 rings (SSSR count). The van der Waals surface area contributed by atoms with Crippen molar-refractivity contribution in [2.45, 2.75) is 38.6 Å². The predicted molar refractivity (Wildman–Crippen MR) is 70.5 cm³/mol. The summed E-state index contributed by atoms with van der Waals surface area (Å²) in [4.78, 5) is 13.8. The standard InChI is InChI=1S/C13H26N2O3/c1-11(4-3-9-16)14-13(17)15-7-5-12(6-8-15)10-18-2/h11-12,16H,3-10H2,1-2H3,(H,14,17). The maximum atomic E-state index is 12.0. The predicted octanol–water partition coefficient (Wildman–Crippen LogP) is 1.22. The van der Waals surface area contributed by atoms with E-state index in [1.807, 2.05) is 11.8 Å². The summed E-state index contributed by atoms with van der Waals surface area (Å²) in [6.07, 6.45) is 3.60. The minimum atomic E-state index is 0.0244. The van der Waals surface area contributed by atoms with E-state index >= 15 is 0 Å². The fourth-order valence-corrected chi connectivity index (χ4v) is 2.31. The Labute approximate surface area is 109 Å². The second kappa shape index (κ2) is 8.32. The Balaban J connectivity index is 2.23. The molecule has 0 aliphatic carbocycles. The molecule has 0 aromatic heterocycles. The van der Waals surface area contributed by atoms with Crippen molar-refractivity contribution in [3.8, 4) is 0 Å². The van der Waals surface area contributed by atoms with Crippen LogP contribution in [0.25, 0.3) is 0 Å². The zero-order chi connectivity index (χ0) is 13.4. The molecule has 1 heterocycles. The highest BCUT2D eigenvalue weighted by atomic mass is 16.5. The number of rotatable bonds is 6. The van der Waals surface area contributed by atoms with Gasteiger partial charge in [0, 0.05) is 39.5 Å². The summed E-state index contributed by atoms with van der Waals surface area (Å²) in [6, 6.07) is 0.151. The third-order valence-corrected chi connectivity index (χ3v) is 3.47. The van der Waals surface area contributed by atoms with Gasteiger partial charge in [-0.3, -0.25) is 0 Å². The first-order valence-corrected chi connectivity index (χ1v) is 6.82. The van der Waals surface area contributed by atoms with Crippen molar-refractivity contribution >= 4 is 6.03 Å². The molecule has 5 nitrogen and oxygen atoms in total. The summed E-state index contributed by atoms with van der Waals surface area (Å²) >= 11 is 0. The molecule has 18 heavy (non-hydrogen) atoms. The van der Waals surface area contributed by atoms with Crippen molar-refractivity contribution in [3.05, 3.63) is 0 Å². The summed E-state index contributed by atoms with van der Waals surface area (Å²) in [7, 11) is 1.72. The van der Waals surface area contributed by atoms with Crippen LogP contribution in [-0.2, 0) is 4.74 Å². The van der Waals surface area contributed by atoms with E-state index in [9.17, 15) is 4.79 Å². The Morgan fingerprint density at radius 3 is 2.72 bits per heavy atom. The van der Waals surface area contributed by atoms with Gasteiger partial charge < -0.3 is 20.1 Å². The van der Waals surface area contributed by atoms with Crippen LogP contribution < -0.4 is 5.32 Å². The number of methoxy groups -OCH3 is 1. The van der Waals surface area contributed by atoms with Gasteiger partial charge in [0.15, 0.2) is 0 Å². The fraction of sp³-hybridized carbons (Fsp3) is 0.923. The molecule has 0 aromatic carbocycles. The molecule has 1 unspecified atom stereocenters. The number of nitrogens with zero attached hydrogens (tertiary/aromatic N) is 1. The van der Waals surface area contributed by atoms with Gasteiger partial charge >= 0.3 is 6.03 Å². The number of urea groups is 1. The van der Waals surface area contributed by atoms with Crippen molar-refractivity contribution < 1.29 is 14.6 Å². The zero-order valence-corrected chi connectivity index (χ0v) is 11.5. The molecular formula is C13H26N2O3. The molecule has 0 radical (unpaired) electrons. The quantitative estimate of drug-likeness (QED) is 0.753. The molecule has 0 saturated carbocycles. The highest BCUT2D eigenvalue weighted by Gasteiger charge is 2.23. The molecule has 0 bridgehead atoms. The fourth-order valence-electron chi connectivity index (χ4n) is 2.31. The lowest BCUT2D eigenvalue weighted by molar-refractivity contribution is 0.106. The van der Waals surface area contributed by atoms with Crippen LogP contribution >= 0.6 is 0 Å². The van der Waals surface area contributed by atoms with Gasteiger partial charge in [0.1, 0.15) is 0 Å². The van der Waals surface area contributed by atoms with E-state index in [0.29, 0.717) is 5.92 Å². The third-order valence-electron chi connectivity index (χ3n) is 3.47. The number of carbonyl (C=O) groups is 1. The highest BCUT2D eigenvalue weighted by Crippen LogP contribution is 2.17. The van der Waals surface area contributed by atoms with Gasteiger partial charge in [-0.25, -0.2) is 4.79 Å². The van der Waals surface area contributed by atoms with E-state index in [-0.39, 0.29) is 18.7 Å². The van der Waals surface area contributed by atoms with Crippen molar-refractivity contribution in [3.63, 3.8) is 0 Å². The van der Waals surface area contributed by atoms with Crippen molar-refractivity contribution in [2.24, 2.45) is 5.92 Å². The minimum absolute atomic E-state index is 0.0244. The number of aliphatic hydroxyl groups excluding tert-OH is 1. The van der Waals surface area contributed by atoms with Crippen LogP contribution in [0.15, 0.2) is 0 Å². The summed E-state index contributed by atoms with van der Waals surface area (Å²) in [6.45, 7) is 4.58. The smallest absolute Gasteiger partial charge is 0.317 e. The summed E-state index contributed by atoms with van der Waals surface area (Å²) in [5.41, 5.74) is 0. The van der Waals surface area contributed by atoms with E-state index in [0.717, 1.165) is 45.4 Å². The van der Waals surface area contributed by atoms with Crippen LogP contribution in [-0.4, -0.2) is 55.5 Å². The average molecular weight is 258 g/mol. The molecule has 1 saturated heterocycles. The number of amides is 2. The summed E-state index contributed by atoms with van der Waals surface area (Å²) < 4.78 is 5.14. The molecule has 1 atom stereocenters. The Morgan fingerprint density at radius 1 is 1.50 bits per heavy atom. The van der Waals surface area contributed by atoms with E-state index in [1.165, 1.54) is 0 Å². The molecule has 1 aliphatic rings. The van der Waals surface area contributed by atoms with Crippen molar-refractivity contribution in [1.82, 2.24) is 10.2 Å². The SMILES string of the molecule is COCC1CCN(C(=O)NC(C)CCCO)CC1. The van der Waals surface area contributed by atoms with E-state index in [1.54, 1.807) is 7.11 Å². The maximum absolute atomic E-state index is 12.0. The molecule has 2 amide bonds. The largest absolute Gasteiger partial charge is 0.396 e. The molecule has 1 fully saturated rings. The van der Waals surface area contributed by atoms with Gasteiger partial charge in [-0.1, -0.05) is 0 Å². The molecule has 0 aromatic rings. The number of carbonyl (C=O) groups excluding carboxylic acids is 1. The number of piperidine rings is 1. The van der Waals surface area contributed by atoms with Crippen molar-refractivity contribution in [1.29, 1.82) is 0 Å².